The molecule has 0 saturated carbocycles. The molecule has 0 aliphatic carbocycles. The van der Waals surface area contributed by atoms with E-state index in [1.807, 2.05) is 51.1 Å². The normalized spacial score (nSPS) is 11.9. The molecule has 0 fully saturated rings. The standard InChI is InChI=1S/C23H30N2O2/c1-17(2)21(24-22(26)20-14-12-18(3)13-15-20)23(27)25(4)16-8-11-19-9-6-5-7-10-19/h5-7,9-10,12-15,17,21H,8,11,16H2,1-4H3,(H,24,26). The number of benzene rings is 2. The highest BCUT2D eigenvalue weighted by atomic mass is 16.2. The molecule has 0 heterocycles. The number of amides is 2. The average Bonchev–Trinajstić information content (AvgIpc) is 2.66. The van der Waals surface area contributed by atoms with Crippen LogP contribution in [-0.2, 0) is 11.2 Å². The zero-order chi connectivity index (χ0) is 19.8. The molecule has 2 rings (SSSR count). The first kappa shape index (κ1) is 20.7. The first-order chi connectivity index (χ1) is 12.9. The molecular formula is C23H30N2O2. The van der Waals surface area contributed by atoms with Gasteiger partial charge in [-0.15, -0.1) is 0 Å². The largest absolute Gasteiger partial charge is 0.344 e. The van der Waals surface area contributed by atoms with Gasteiger partial charge in [-0.3, -0.25) is 9.59 Å². The summed E-state index contributed by atoms with van der Waals surface area (Å²) >= 11 is 0. The molecule has 1 unspecified atom stereocenters. The lowest BCUT2D eigenvalue weighted by atomic mass is 10.0. The van der Waals surface area contributed by atoms with E-state index in [-0.39, 0.29) is 17.7 Å². The highest BCUT2D eigenvalue weighted by Crippen LogP contribution is 2.10. The Labute approximate surface area is 162 Å². The highest BCUT2D eigenvalue weighted by Gasteiger charge is 2.27. The van der Waals surface area contributed by atoms with Gasteiger partial charge in [-0.2, -0.15) is 0 Å². The van der Waals surface area contributed by atoms with Crippen molar-refractivity contribution in [1.29, 1.82) is 0 Å². The zero-order valence-electron chi connectivity index (χ0n) is 16.7. The first-order valence-electron chi connectivity index (χ1n) is 9.55. The highest BCUT2D eigenvalue weighted by molar-refractivity contribution is 5.97. The number of likely N-dealkylation sites (N-methyl/N-ethyl adjacent to an activating group) is 1. The fourth-order valence-electron chi connectivity index (χ4n) is 2.96. The Hall–Kier alpha value is -2.62. The van der Waals surface area contributed by atoms with Crippen molar-refractivity contribution >= 4 is 11.8 Å². The number of carbonyl (C=O) groups is 2. The van der Waals surface area contributed by atoms with Gasteiger partial charge in [0, 0.05) is 19.2 Å². The van der Waals surface area contributed by atoms with Gasteiger partial charge in [0.05, 0.1) is 0 Å². The van der Waals surface area contributed by atoms with Gasteiger partial charge in [0.25, 0.3) is 5.91 Å². The van der Waals surface area contributed by atoms with Crippen LogP contribution < -0.4 is 5.32 Å². The summed E-state index contributed by atoms with van der Waals surface area (Å²) in [6, 6.07) is 17.1. The summed E-state index contributed by atoms with van der Waals surface area (Å²) in [7, 11) is 1.81. The van der Waals surface area contributed by atoms with Crippen LogP contribution in [0.25, 0.3) is 0 Å². The summed E-state index contributed by atoms with van der Waals surface area (Å²) in [5, 5.41) is 2.91. The molecule has 144 valence electrons. The maximum atomic E-state index is 12.9. The lowest BCUT2D eigenvalue weighted by molar-refractivity contribution is -0.133. The molecule has 0 spiro atoms. The maximum absolute atomic E-state index is 12.9. The van der Waals surface area contributed by atoms with E-state index in [0.717, 1.165) is 18.4 Å². The van der Waals surface area contributed by atoms with Gasteiger partial charge in [-0.05, 0) is 43.4 Å². The summed E-state index contributed by atoms with van der Waals surface area (Å²) in [4.78, 5) is 27.1. The molecule has 0 saturated heterocycles. The lowest BCUT2D eigenvalue weighted by Crippen LogP contribution is -2.50. The zero-order valence-corrected chi connectivity index (χ0v) is 16.7. The Balaban J connectivity index is 1.92. The van der Waals surface area contributed by atoms with E-state index in [1.54, 1.807) is 24.1 Å². The van der Waals surface area contributed by atoms with Crippen LogP contribution in [0, 0.1) is 12.8 Å². The van der Waals surface area contributed by atoms with Gasteiger partial charge in [0.1, 0.15) is 6.04 Å². The number of nitrogens with zero attached hydrogens (tertiary/aromatic N) is 1. The molecule has 2 aromatic rings. The second kappa shape index (κ2) is 9.91. The molecule has 0 radical (unpaired) electrons. The number of carbonyl (C=O) groups excluding carboxylic acids is 2. The van der Waals surface area contributed by atoms with Crippen LogP contribution >= 0.6 is 0 Å². The van der Waals surface area contributed by atoms with Gasteiger partial charge in [0.2, 0.25) is 5.91 Å². The minimum Gasteiger partial charge on any atom is -0.344 e. The van der Waals surface area contributed by atoms with E-state index < -0.39 is 6.04 Å². The Bertz CT molecular complexity index is 739. The summed E-state index contributed by atoms with van der Waals surface area (Å²) in [6.07, 6.45) is 1.82. The minimum absolute atomic E-state index is 0.0171. The summed E-state index contributed by atoms with van der Waals surface area (Å²) in [6.45, 7) is 6.55. The molecule has 4 nitrogen and oxygen atoms in total. The minimum atomic E-state index is -0.527. The molecule has 0 aliphatic rings. The van der Waals surface area contributed by atoms with Crippen molar-refractivity contribution in [3.63, 3.8) is 0 Å². The number of rotatable bonds is 8. The summed E-state index contributed by atoms with van der Waals surface area (Å²) in [5.41, 5.74) is 2.94. The third-order valence-electron chi connectivity index (χ3n) is 4.71. The molecule has 1 N–H and O–H groups in total. The topological polar surface area (TPSA) is 49.4 Å². The van der Waals surface area contributed by atoms with Gasteiger partial charge >= 0.3 is 0 Å². The van der Waals surface area contributed by atoms with Gasteiger partial charge in [-0.1, -0.05) is 61.9 Å². The molecular weight excluding hydrogens is 336 g/mol. The fourth-order valence-corrected chi connectivity index (χ4v) is 2.96. The summed E-state index contributed by atoms with van der Waals surface area (Å²) in [5.74, 6) is -0.235. The molecule has 4 heteroatoms. The van der Waals surface area contributed by atoms with E-state index in [4.69, 9.17) is 0 Å². The van der Waals surface area contributed by atoms with Crippen LogP contribution in [0.3, 0.4) is 0 Å². The number of nitrogens with one attached hydrogen (secondary N) is 1. The van der Waals surface area contributed by atoms with Crippen LogP contribution in [-0.4, -0.2) is 36.3 Å². The van der Waals surface area contributed by atoms with Crippen LogP contribution in [0.1, 0.15) is 41.8 Å². The number of hydrogen-bond acceptors (Lipinski definition) is 2. The van der Waals surface area contributed by atoms with Gasteiger partial charge in [-0.25, -0.2) is 0 Å². The SMILES string of the molecule is Cc1ccc(C(=O)NC(C(=O)N(C)CCCc2ccccc2)C(C)C)cc1. The third-order valence-corrected chi connectivity index (χ3v) is 4.71. The van der Waals surface area contributed by atoms with E-state index in [9.17, 15) is 9.59 Å². The number of aryl methyl sites for hydroxylation is 2. The molecule has 0 aliphatic heterocycles. The second-order valence-electron chi connectivity index (χ2n) is 7.41. The lowest BCUT2D eigenvalue weighted by Gasteiger charge is -2.27. The molecule has 0 aromatic heterocycles. The maximum Gasteiger partial charge on any atom is 0.251 e. The first-order valence-corrected chi connectivity index (χ1v) is 9.55. The van der Waals surface area contributed by atoms with Crippen molar-refractivity contribution in [1.82, 2.24) is 10.2 Å². The van der Waals surface area contributed by atoms with E-state index in [2.05, 4.69) is 17.4 Å². The predicted octanol–water partition coefficient (Wildman–Crippen LogP) is 3.84. The fraction of sp³-hybridized carbons (Fsp3) is 0.391. The van der Waals surface area contributed by atoms with Crippen LogP contribution in [0.5, 0.6) is 0 Å². The van der Waals surface area contributed by atoms with E-state index in [0.29, 0.717) is 12.1 Å². The van der Waals surface area contributed by atoms with Gasteiger partial charge in [0.15, 0.2) is 0 Å². The van der Waals surface area contributed by atoms with Crippen molar-refractivity contribution in [2.75, 3.05) is 13.6 Å². The van der Waals surface area contributed by atoms with E-state index in [1.165, 1.54) is 5.56 Å². The molecule has 0 bridgehead atoms. The van der Waals surface area contributed by atoms with Crippen molar-refractivity contribution in [3.05, 3.63) is 71.3 Å². The molecule has 1 atom stereocenters. The Morgan fingerprint density at radius 2 is 1.63 bits per heavy atom. The Kier molecular flexibility index (Phi) is 7.59. The summed E-state index contributed by atoms with van der Waals surface area (Å²) < 4.78 is 0. The van der Waals surface area contributed by atoms with Crippen molar-refractivity contribution in [2.45, 2.75) is 39.7 Å². The average molecular weight is 367 g/mol. The van der Waals surface area contributed by atoms with Crippen molar-refractivity contribution in [3.8, 4) is 0 Å². The van der Waals surface area contributed by atoms with Crippen LogP contribution in [0.4, 0.5) is 0 Å². The predicted molar refractivity (Wildman–Crippen MR) is 110 cm³/mol. The monoisotopic (exact) mass is 366 g/mol. The van der Waals surface area contributed by atoms with Crippen LogP contribution in [0.15, 0.2) is 54.6 Å². The number of hydrogen-bond donors (Lipinski definition) is 1. The molecule has 27 heavy (non-hydrogen) atoms. The molecule has 2 aromatic carbocycles. The Morgan fingerprint density at radius 1 is 1.00 bits per heavy atom. The third kappa shape index (κ3) is 6.24. The second-order valence-corrected chi connectivity index (χ2v) is 7.41. The molecule has 2 amide bonds. The van der Waals surface area contributed by atoms with Crippen LogP contribution in [0.2, 0.25) is 0 Å². The van der Waals surface area contributed by atoms with Crippen molar-refractivity contribution in [2.24, 2.45) is 5.92 Å². The van der Waals surface area contributed by atoms with Crippen molar-refractivity contribution < 1.29 is 9.59 Å². The van der Waals surface area contributed by atoms with Gasteiger partial charge < -0.3 is 10.2 Å². The Morgan fingerprint density at radius 3 is 2.22 bits per heavy atom. The quantitative estimate of drug-likeness (QED) is 0.772. The van der Waals surface area contributed by atoms with E-state index >= 15 is 0 Å². The smallest absolute Gasteiger partial charge is 0.251 e.